The summed E-state index contributed by atoms with van der Waals surface area (Å²) in [4.78, 5) is 36.7. The molecule has 0 radical (unpaired) electrons. The molecule has 0 bridgehead atoms. The first-order valence-corrected chi connectivity index (χ1v) is 7.58. The molecule has 0 aliphatic heterocycles. The van der Waals surface area contributed by atoms with Gasteiger partial charge in [-0.15, -0.1) is 0 Å². The Morgan fingerprint density at radius 1 is 1.09 bits per heavy atom. The molecule has 0 spiro atoms. The zero-order valence-corrected chi connectivity index (χ0v) is 14.2. The number of carbonyl (C=O) groups is 3. The van der Waals surface area contributed by atoms with Crippen molar-refractivity contribution in [2.45, 2.75) is 40.2 Å². The second kappa shape index (κ2) is 11.0. The maximum Gasteiger partial charge on any atom is 0.328 e. The van der Waals surface area contributed by atoms with Crippen LogP contribution in [-0.4, -0.2) is 62.1 Å². The monoisotopic (exact) mass is 316 g/mol. The van der Waals surface area contributed by atoms with Gasteiger partial charge in [-0.05, 0) is 26.2 Å². The molecule has 1 unspecified atom stereocenters. The number of hydrogen-bond acceptors (Lipinski definition) is 5. The quantitative estimate of drug-likeness (QED) is 0.596. The van der Waals surface area contributed by atoms with Gasteiger partial charge >= 0.3 is 5.97 Å². The van der Waals surface area contributed by atoms with Crippen LogP contribution in [0.2, 0.25) is 0 Å². The summed E-state index contributed by atoms with van der Waals surface area (Å²) in [5, 5.41) is 2.57. The van der Waals surface area contributed by atoms with E-state index in [1.54, 1.807) is 4.90 Å². The smallest absolute Gasteiger partial charge is 0.328 e. The van der Waals surface area contributed by atoms with Gasteiger partial charge in [-0.25, -0.2) is 4.79 Å². The van der Waals surface area contributed by atoms with E-state index in [-0.39, 0.29) is 25.0 Å². The number of ether oxygens (including phenoxy) is 2. The fourth-order valence-electron chi connectivity index (χ4n) is 1.96. The molecule has 0 aliphatic carbocycles. The maximum absolute atomic E-state index is 11.8. The molecule has 0 heterocycles. The normalized spacial score (nSPS) is 11.9. The number of esters is 1. The number of amides is 2. The van der Waals surface area contributed by atoms with Gasteiger partial charge in [0.25, 0.3) is 0 Å². The number of carbonyl (C=O) groups excluding carboxylic acids is 3. The van der Waals surface area contributed by atoms with Gasteiger partial charge in [0.05, 0.1) is 7.11 Å². The van der Waals surface area contributed by atoms with Crippen LogP contribution in [0.1, 0.15) is 34.1 Å². The van der Waals surface area contributed by atoms with Gasteiger partial charge in [-0.1, -0.05) is 13.8 Å². The van der Waals surface area contributed by atoms with E-state index in [1.165, 1.54) is 7.11 Å². The van der Waals surface area contributed by atoms with Crippen molar-refractivity contribution in [3.05, 3.63) is 0 Å². The molecule has 7 heteroatoms. The van der Waals surface area contributed by atoms with Crippen molar-refractivity contribution in [3.63, 3.8) is 0 Å². The highest BCUT2D eigenvalue weighted by Gasteiger charge is 2.22. The average Bonchev–Trinajstić information content (AvgIpc) is 2.46. The van der Waals surface area contributed by atoms with Crippen molar-refractivity contribution in [2.75, 3.05) is 33.4 Å². The average molecular weight is 316 g/mol. The Labute approximate surface area is 132 Å². The van der Waals surface area contributed by atoms with Gasteiger partial charge in [0.2, 0.25) is 11.8 Å². The number of nitrogens with one attached hydrogen (secondary N) is 1. The third kappa shape index (κ3) is 7.97. The molecule has 7 nitrogen and oxygen atoms in total. The minimum absolute atomic E-state index is 0.151. The van der Waals surface area contributed by atoms with E-state index >= 15 is 0 Å². The molecule has 0 saturated carbocycles. The molecule has 0 aromatic rings. The molecule has 22 heavy (non-hydrogen) atoms. The van der Waals surface area contributed by atoms with Crippen LogP contribution in [-0.2, 0) is 23.9 Å². The SMILES string of the molecule is CCN(CC)C(=O)COCC(=O)NC(CC(C)C)C(=O)OC. The summed E-state index contributed by atoms with van der Waals surface area (Å²) in [6, 6.07) is -0.695. The molecule has 0 aliphatic rings. The highest BCUT2D eigenvalue weighted by Crippen LogP contribution is 2.06. The second-order valence-corrected chi connectivity index (χ2v) is 5.33. The van der Waals surface area contributed by atoms with Crippen molar-refractivity contribution in [3.8, 4) is 0 Å². The fraction of sp³-hybridized carbons (Fsp3) is 0.800. The molecule has 1 atom stereocenters. The standard InChI is InChI=1S/C15H28N2O5/c1-6-17(7-2)14(19)10-22-9-13(18)16-12(8-11(3)4)15(20)21-5/h11-12H,6-10H2,1-5H3,(H,16,18). The van der Waals surface area contributed by atoms with Gasteiger partial charge < -0.3 is 19.7 Å². The third-order valence-corrected chi connectivity index (χ3v) is 3.10. The molecular formula is C15H28N2O5. The lowest BCUT2D eigenvalue weighted by Gasteiger charge is -2.19. The largest absolute Gasteiger partial charge is 0.467 e. The highest BCUT2D eigenvalue weighted by molar-refractivity contribution is 5.85. The zero-order valence-electron chi connectivity index (χ0n) is 14.2. The molecule has 0 fully saturated rings. The predicted molar refractivity (Wildman–Crippen MR) is 82.1 cm³/mol. The highest BCUT2D eigenvalue weighted by atomic mass is 16.5. The minimum atomic E-state index is -0.695. The first kappa shape index (κ1) is 20.4. The van der Waals surface area contributed by atoms with Crippen molar-refractivity contribution in [1.29, 1.82) is 0 Å². The molecule has 0 aromatic heterocycles. The summed E-state index contributed by atoms with van der Waals surface area (Å²) in [6.45, 7) is 8.43. The number of methoxy groups -OCH3 is 1. The Bertz CT molecular complexity index is 367. The number of rotatable bonds is 10. The van der Waals surface area contributed by atoms with Crippen molar-refractivity contribution >= 4 is 17.8 Å². The molecule has 0 rings (SSSR count). The van der Waals surface area contributed by atoms with Crippen LogP contribution in [0.5, 0.6) is 0 Å². The zero-order chi connectivity index (χ0) is 17.1. The van der Waals surface area contributed by atoms with Crippen LogP contribution >= 0.6 is 0 Å². The van der Waals surface area contributed by atoms with E-state index in [0.29, 0.717) is 19.5 Å². The van der Waals surface area contributed by atoms with E-state index in [0.717, 1.165) is 0 Å². The fourth-order valence-corrected chi connectivity index (χ4v) is 1.96. The van der Waals surface area contributed by atoms with Crippen LogP contribution in [0, 0.1) is 5.92 Å². The molecule has 0 aromatic carbocycles. The van der Waals surface area contributed by atoms with Crippen molar-refractivity contribution < 1.29 is 23.9 Å². The minimum Gasteiger partial charge on any atom is -0.467 e. The summed E-state index contributed by atoms with van der Waals surface area (Å²) in [5.41, 5.74) is 0. The Hall–Kier alpha value is -1.63. The van der Waals surface area contributed by atoms with Crippen LogP contribution in [0.4, 0.5) is 0 Å². The van der Waals surface area contributed by atoms with Gasteiger partial charge in [0, 0.05) is 13.1 Å². The van der Waals surface area contributed by atoms with E-state index in [4.69, 9.17) is 4.74 Å². The summed E-state index contributed by atoms with van der Waals surface area (Å²) in [5.74, 6) is -0.858. The maximum atomic E-state index is 11.8. The lowest BCUT2D eigenvalue weighted by molar-refractivity contribution is -0.147. The second-order valence-electron chi connectivity index (χ2n) is 5.33. The molecule has 1 N–H and O–H groups in total. The Kier molecular flexibility index (Phi) is 10.2. The summed E-state index contributed by atoms with van der Waals surface area (Å²) >= 11 is 0. The van der Waals surface area contributed by atoms with Gasteiger partial charge in [0.15, 0.2) is 0 Å². The molecular weight excluding hydrogens is 288 g/mol. The molecule has 0 saturated heterocycles. The topological polar surface area (TPSA) is 84.9 Å². The third-order valence-electron chi connectivity index (χ3n) is 3.10. The number of nitrogens with zero attached hydrogens (tertiary/aromatic N) is 1. The predicted octanol–water partition coefficient (Wildman–Crippen LogP) is 0.575. The van der Waals surface area contributed by atoms with Crippen LogP contribution in [0.15, 0.2) is 0 Å². The summed E-state index contributed by atoms with van der Waals surface area (Å²) < 4.78 is 9.77. The van der Waals surface area contributed by atoms with E-state index in [1.807, 2.05) is 27.7 Å². The summed E-state index contributed by atoms with van der Waals surface area (Å²) in [6.07, 6.45) is 0.483. The lowest BCUT2D eigenvalue weighted by atomic mass is 10.0. The number of hydrogen-bond donors (Lipinski definition) is 1. The first-order chi connectivity index (χ1) is 10.3. The van der Waals surface area contributed by atoms with Crippen molar-refractivity contribution in [2.24, 2.45) is 5.92 Å². The Morgan fingerprint density at radius 2 is 1.68 bits per heavy atom. The molecule has 2 amide bonds. The van der Waals surface area contributed by atoms with Crippen LogP contribution < -0.4 is 5.32 Å². The van der Waals surface area contributed by atoms with Crippen LogP contribution in [0.25, 0.3) is 0 Å². The number of likely N-dealkylation sites (N-methyl/N-ethyl adjacent to an activating group) is 1. The molecule has 128 valence electrons. The van der Waals surface area contributed by atoms with Crippen molar-refractivity contribution in [1.82, 2.24) is 10.2 Å². The lowest BCUT2D eigenvalue weighted by Crippen LogP contribution is -2.44. The van der Waals surface area contributed by atoms with Gasteiger partial charge in [-0.3, -0.25) is 9.59 Å². The van der Waals surface area contributed by atoms with Gasteiger partial charge in [-0.2, -0.15) is 0 Å². The van der Waals surface area contributed by atoms with E-state index < -0.39 is 17.9 Å². The first-order valence-electron chi connectivity index (χ1n) is 7.58. The Balaban J connectivity index is 4.24. The van der Waals surface area contributed by atoms with Crippen LogP contribution in [0.3, 0.4) is 0 Å². The van der Waals surface area contributed by atoms with E-state index in [9.17, 15) is 14.4 Å². The van der Waals surface area contributed by atoms with Gasteiger partial charge in [0.1, 0.15) is 19.3 Å². The van der Waals surface area contributed by atoms with E-state index in [2.05, 4.69) is 10.1 Å². The Morgan fingerprint density at radius 3 is 2.14 bits per heavy atom. The summed E-state index contributed by atoms with van der Waals surface area (Å²) in [7, 11) is 1.28.